The number of anilines is 2. The van der Waals surface area contributed by atoms with Crippen molar-refractivity contribution in [1.29, 1.82) is 0 Å². The summed E-state index contributed by atoms with van der Waals surface area (Å²) in [6.45, 7) is 5.08. The maximum absolute atomic E-state index is 12.4. The standard InChI is InChI=1S/C17H22N4OS2/c1-12-6-8-14(9-7-12)18-16-19-20-17(24-16)23-11-15(22)21-10-4-3-5-13(21)2/h6-9,13H,3-5,10-11H2,1-2H3,(H,18,19)/t13-/m0/s1. The molecule has 1 amide bonds. The number of hydrogen-bond acceptors (Lipinski definition) is 6. The SMILES string of the molecule is Cc1ccc(Nc2nnc(SCC(=O)N3CCCC[C@@H]3C)s2)cc1. The van der Waals surface area contributed by atoms with Crippen molar-refractivity contribution >= 4 is 39.8 Å². The molecule has 1 aromatic heterocycles. The van der Waals surface area contributed by atoms with Gasteiger partial charge in [-0.15, -0.1) is 10.2 Å². The molecule has 1 fully saturated rings. The topological polar surface area (TPSA) is 58.1 Å². The molecule has 5 nitrogen and oxygen atoms in total. The highest BCUT2D eigenvalue weighted by Crippen LogP contribution is 2.28. The summed E-state index contributed by atoms with van der Waals surface area (Å²) >= 11 is 2.95. The molecule has 0 spiro atoms. The van der Waals surface area contributed by atoms with Crippen LogP contribution in [0.2, 0.25) is 0 Å². The van der Waals surface area contributed by atoms with Crippen LogP contribution in [-0.2, 0) is 4.79 Å². The molecule has 2 aromatic rings. The van der Waals surface area contributed by atoms with Gasteiger partial charge in [0.15, 0.2) is 4.34 Å². The van der Waals surface area contributed by atoms with E-state index in [1.54, 1.807) is 0 Å². The highest BCUT2D eigenvalue weighted by molar-refractivity contribution is 8.01. The number of likely N-dealkylation sites (tertiary alicyclic amines) is 1. The number of amides is 1. The van der Waals surface area contributed by atoms with Gasteiger partial charge < -0.3 is 10.2 Å². The Morgan fingerprint density at radius 1 is 1.33 bits per heavy atom. The second kappa shape index (κ2) is 7.98. The molecule has 0 saturated carbocycles. The van der Waals surface area contributed by atoms with Crippen molar-refractivity contribution in [3.05, 3.63) is 29.8 Å². The Balaban J connectivity index is 1.52. The summed E-state index contributed by atoms with van der Waals surface area (Å²) in [7, 11) is 0. The minimum absolute atomic E-state index is 0.204. The quantitative estimate of drug-likeness (QED) is 0.812. The second-order valence-corrected chi connectivity index (χ2v) is 8.28. The van der Waals surface area contributed by atoms with E-state index in [-0.39, 0.29) is 5.91 Å². The molecule has 0 unspecified atom stereocenters. The van der Waals surface area contributed by atoms with Crippen molar-refractivity contribution in [1.82, 2.24) is 15.1 Å². The first-order valence-electron chi connectivity index (χ1n) is 8.21. The molecule has 128 valence electrons. The van der Waals surface area contributed by atoms with Crippen LogP contribution < -0.4 is 5.32 Å². The number of aryl methyl sites for hydroxylation is 1. The van der Waals surface area contributed by atoms with Crippen LogP contribution >= 0.6 is 23.1 Å². The molecule has 0 bridgehead atoms. The van der Waals surface area contributed by atoms with E-state index in [0.717, 1.165) is 34.5 Å². The molecule has 1 aliphatic rings. The van der Waals surface area contributed by atoms with Gasteiger partial charge in [0, 0.05) is 18.3 Å². The van der Waals surface area contributed by atoms with E-state index in [0.29, 0.717) is 11.8 Å². The van der Waals surface area contributed by atoms with Crippen LogP contribution in [-0.4, -0.2) is 39.3 Å². The number of carbonyl (C=O) groups is 1. The van der Waals surface area contributed by atoms with E-state index < -0.39 is 0 Å². The van der Waals surface area contributed by atoms with E-state index in [4.69, 9.17) is 0 Å². The largest absolute Gasteiger partial charge is 0.339 e. The first kappa shape index (κ1) is 17.2. The van der Waals surface area contributed by atoms with Crippen LogP contribution in [0, 0.1) is 6.92 Å². The lowest BCUT2D eigenvalue weighted by Gasteiger charge is -2.33. The summed E-state index contributed by atoms with van der Waals surface area (Å²) in [5, 5.41) is 12.3. The fraction of sp³-hybridized carbons (Fsp3) is 0.471. The zero-order valence-corrected chi connectivity index (χ0v) is 15.6. The van der Waals surface area contributed by atoms with E-state index in [1.807, 2.05) is 17.0 Å². The van der Waals surface area contributed by atoms with Gasteiger partial charge in [-0.1, -0.05) is 40.8 Å². The van der Waals surface area contributed by atoms with Crippen molar-refractivity contribution in [3.8, 4) is 0 Å². The van der Waals surface area contributed by atoms with Gasteiger partial charge in [-0.25, -0.2) is 0 Å². The highest BCUT2D eigenvalue weighted by atomic mass is 32.2. The number of benzene rings is 1. The maximum atomic E-state index is 12.4. The first-order valence-corrected chi connectivity index (χ1v) is 10.0. The molecule has 1 aromatic carbocycles. The number of aromatic nitrogens is 2. The average Bonchev–Trinajstić information content (AvgIpc) is 3.03. The lowest BCUT2D eigenvalue weighted by Crippen LogP contribution is -2.42. The van der Waals surface area contributed by atoms with Gasteiger partial charge in [-0.3, -0.25) is 4.79 Å². The monoisotopic (exact) mass is 362 g/mol. The van der Waals surface area contributed by atoms with E-state index in [9.17, 15) is 4.79 Å². The minimum atomic E-state index is 0.204. The molecular formula is C17H22N4OS2. The predicted molar refractivity (Wildman–Crippen MR) is 100 cm³/mol. The van der Waals surface area contributed by atoms with Gasteiger partial charge in [-0.2, -0.15) is 0 Å². The Labute approximate surface area is 150 Å². The van der Waals surface area contributed by atoms with Crippen molar-refractivity contribution in [3.63, 3.8) is 0 Å². The molecule has 3 rings (SSSR count). The van der Waals surface area contributed by atoms with Crippen LogP contribution in [0.15, 0.2) is 28.6 Å². The van der Waals surface area contributed by atoms with Gasteiger partial charge in [0.1, 0.15) is 0 Å². The minimum Gasteiger partial charge on any atom is -0.339 e. The number of rotatable bonds is 5. The zero-order valence-electron chi connectivity index (χ0n) is 14.0. The van der Waals surface area contributed by atoms with Crippen LogP contribution in [0.1, 0.15) is 31.7 Å². The van der Waals surface area contributed by atoms with E-state index in [2.05, 4.69) is 41.5 Å². The summed E-state index contributed by atoms with van der Waals surface area (Å²) in [6.07, 6.45) is 3.45. The van der Waals surface area contributed by atoms with Crippen molar-refractivity contribution in [2.24, 2.45) is 0 Å². The summed E-state index contributed by atoms with van der Waals surface area (Å²) in [5.41, 5.74) is 2.21. The smallest absolute Gasteiger partial charge is 0.233 e. The Kier molecular flexibility index (Phi) is 5.73. The van der Waals surface area contributed by atoms with Crippen LogP contribution in [0.25, 0.3) is 0 Å². The lowest BCUT2D eigenvalue weighted by atomic mass is 10.0. The van der Waals surface area contributed by atoms with Gasteiger partial charge in [0.25, 0.3) is 0 Å². The zero-order chi connectivity index (χ0) is 16.9. The van der Waals surface area contributed by atoms with Crippen molar-refractivity contribution in [2.75, 3.05) is 17.6 Å². The fourth-order valence-electron chi connectivity index (χ4n) is 2.75. The second-order valence-electron chi connectivity index (χ2n) is 6.08. The van der Waals surface area contributed by atoms with Crippen LogP contribution in [0.5, 0.6) is 0 Å². The molecule has 1 N–H and O–H groups in total. The molecular weight excluding hydrogens is 340 g/mol. The van der Waals surface area contributed by atoms with Gasteiger partial charge in [0.05, 0.1) is 5.75 Å². The highest BCUT2D eigenvalue weighted by Gasteiger charge is 2.23. The summed E-state index contributed by atoms with van der Waals surface area (Å²) < 4.78 is 0.822. The maximum Gasteiger partial charge on any atom is 0.233 e. The Bertz CT molecular complexity index is 686. The molecule has 1 atom stereocenters. The molecule has 0 aliphatic carbocycles. The molecule has 1 aliphatic heterocycles. The van der Waals surface area contributed by atoms with Gasteiger partial charge in [-0.05, 0) is 45.2 Å². The Hall–Kier alpha value is -1.60. The van der Waals surface area contributed by atoms with Crippen molar-refractivity contribution < 1.29 is 4.79 Å². The van der Waals surface area contributed by atoms with Crippen LogP contribution in [0.3, 0.4) is 0 Å². The number of nitrogens with zero attached hydrogens (tertiary/aromatic N) is 3. The normalized spacial score (nSPS) is 17.8. The molecule has 2 heterocycles. The van der Waals surface area contributed by atoms with Gasteiger partial charge in [0.2, 0.25) is 11.0 Å². The predicted octanol–water partition coefficient (Wildman–Crippen LogP) is 4.08. The third-order valence-corrected chi connectivity index (χ3v) is 6.11. The number of nitrogens with one attached hydrogen (secondary N) is 1. The number of hydrogen-bond donors (Lipinski definition) is 1. The van der Waals surface area contributed by atoms with Gasteiger partial charge >= 0.3 is 0 Å². The third kappa shape index (κ3) is 4.48. The number of piperidine rings is 1. The first-order chi connectivity index (χ1) is 11.6. The Morgan fingerprint density at radius 2 is 2.12 bits per heavy atom. The molecule has 7 heteroatoms. The number of thioether (sulfide) groups is 1. The summed E-state index contributed by atoms with van der Waals surface area (Å²) in [4.78, 5) is 14.4. The molecule has 24 heavy (non-hydrogen) atoms. The van der Waals surface area contributed by atoms with Crippen LogP contribution in [0.4, 0.5) is 10.8 Å². The lowest BCUT2D eigenvalue weighted by molar-refractivity contribution is -0.131. The number of carbonyl (C=O) groups excluding carboxylic acids is 1. The summed E-state index contributed by atoms with van der Waals surface area (Å²) in [6, 6.07) is 8.50. The summed E-state index contributed by atoms with van der Waals surface area (Å²) in [5.74, 6) is 0.638. The molecule has 0 radical (unpaired) electrons. The average molecular weight is 363 g/mol. The fourth-order valence-corrected chi connectivity index (χ4v) is 4.41. The van der Waals surface area contributed by atoms with E-state index >= 15 is 0 Å². The van der Waals surface area contributed by atoms with Crippen molar-refractivity contribution in [2.45, 2.75) is 43.5 Å². The molecule has 1 saturated heterocycles. The Morgan fingerprint density at radius 3 is 2.88 bits per heavy atom. The van der Waals surface area contributed by atoms with E-state index in [1.165, 1.54) is 35.1 Å². The third-order valence-electron chi connectivity index (χ3n) is 4.15.